The fourth-order valence-corrected chi connectivity index (χ4v) is 0.395. The number of ether oxygens (including phenoxy) is 1. The number of aliphatic carboxylic acids is 2. The molecule has 0 spiro atoms. The summed E-state index contributed by atoms with van der Waals surface area (Å²) in [7, 11) is 0. The minimum atomic E-state index is -2.19. The molecule has 0 radical (unpaired) electrons. The largest absolute Gasteiger partial charge is 0.543 e. The van der Waals surface area contributed by atoms with E-state index >= 15 is 0 Å². The molecule has 2 N–H and O–H groups in total. The van der Waals surface area contributed by atoms with Gasteiger partial charge in [0, 0.05) is 0 Å². The van der Waals surface area contributed by atoms with Gasteiger partial charge in [0.15, 0.2) is 0 Å². The van der Waals surface area contributed by atoms with E-state index in [-0.39, 0.29) is 5.97 Å². The first-order valence-electron chi connectivity index (χ1n) is 4.38. The van der Waals surface area contributed by atoms with Crippen LogP contribution in [-0.4, -0.2) is 29.6 Å². The maximum absolute atomic E-state index is 10.8. The predicted molar refractivity (Wildman–Crippen MR) is 49.5 cm³/mol. The van der Waals surface area contributed by atoms with Gasteiger partial charge in [0.05, 0.1) is 11.9 Å². The van der Waals surface area contributed by atoms with Crippen LogP contribution in [0.2, 0.25) is 0 Å². The lowest BCUT2D eigenvalue weighted by Gasteiger charge is -2.20. The molecule has 16 heavy (non-hydrogen) atoms. The Labute approximate surface area is 93.2 Å². The first-order chi connectivity index (χ1) is 6.97. The quantitative estimate of drug-likeness (QED) is 0.381. The third-order valence-electron chi connectivity index (χ3n) is 0.945. The number of nitrogens with two attached hydrogens (primary N) is 1. The zero-order chi connectivity index (χ0) is 13.5. The number of carbonyl (C=O) groups is 3. The Balaban J connectivity index is 0. The van der Waals surface area contributed by atoms with E-state index in [1.807, 2.05) is 20.8 Å². The zero-order valence-electron chi connectivity index (χ0n) is 9.60. The lowest BCUT2D eigenvalue weighted by atomic mass is 10.2. The number of hydrogen-bond donors (Lipinski definition) is 1. The molecule has 0 unspecified atom stereocenters. The zero-order valence-corrected chi connectivity index (χ0v) is 9.60. The van der Waals surface area contributed by atoms with Gasteiger partial charge in [-0.05, 0) is 27.7 Å². The second kappa shape index (κ2) is 6.78. The maximum Gasteiger partial charge on any atom is 0.323 e. The molecule has 0 aromatic rings. The second-order valence-electron chi connectivity index (χ2n) is 3.90. The summed E-state index contributed by atoms with van der Waals surface area (Å²) in [5.74, 6) is -4.72. The number of carbonyl (C=O) groups excluding carboxylic acids is 3. The Hall–Kier alpha value is -1.63. The molecular weight excluding hydrogens is 218 g/mol. The minimum absolute atomic E-state index is 0.354. The highest BCUT2D eigenvalue weighted by atomic mass is 16.6. The molecule has 0 saturated carbocycles. The van der Waals surface area contributed by atoms with Crippen molar-refractivity contribution in [3.8, 4) is 0 Å². The van der Waals surface area contributed by atoms with E-state index in [2.05, 4.69) is 0 Å². The molecule has 0 rings (SSSR count). The van der Waals surface area contributed by atoms with Gasteiger partial charge in [-0.1, -0.05) is 0 Å². The van der Waals surface area contributed by atoms with E-state index in [4.69, 9.17) is 30.3 Å². The van der Waals surface area contributed by atoms with E-state index in [9.17, 15) is 4.79 Å². The van der Waals surface area contributed by atoms with E-state index in [1.165, 1.54) is 0 Å². The van der Waals surface area contributed by atoms with Crippen LogP contribution < -0.4 is 15.9 Å². The van der Waals surface area contributed by atoms with E-state index in [0.29, 0.717) is 0 Å². The smallest absolute Gasteiger partial charge is 0.323 e. The van der Waals surface area contributed by atoms with Crippen LogP contribution in [-0.2, 0) is 19.1 Å². The average molecular weight is 233 g/mol. The van der Waals surface area contributed by atoms with Crippen LogP contribution >= 0.6 is 0 Å². The summed E-state index contributed by atoms with van der Waals surface area (Å²) in [6.45, 7) is 7.04. The minimum Gasteiger partial charge on any atom is -0.543 e. The number of esters is 1. The molecule has 0 saturated heterocycles. The summed E-state index contributed by atoms with van der Waals surface area (Å²) in [5.41, 5.74) is 4.84. The molecule has 0 fully saturated rings. The summed E-state index contributed by atoms with van der Waals surface area (Å²) in [6, 6.07) is -0.528. The Morgan fingerprint density at radius 1 is 1.12 bits per heavy atom. The topological polar surface area (TPSA) is 133 Å². The standard InChI is InChI=1S/C7H15NO2.C2H2O4/c1-5(8)6(9)10-7(2,3)4;3-1(4)2(5)6/h5H,8H2,1-4H3;(H,3,4)(H,5,6)/p-2/t5-;/m0./s1. The SMILES string of the molecule is C[C@H](N)C(=O)OC(C)(C)C.O=C([O-])C(=O)[O-]. The van der Waals surface area contributed by atoms with Crippen molar-refractivity contribution in [2.75, 3.05) is 0 Å². The first kappa shape index (κ1) is 16.8. The van der Waals surface area contributed by atoms with Gasteiger partial charge in [-0.2, -0.15) is 0 Å². The lowest BCUT2D eigenvalue weighted by molar-refractivity contribution is -0.345. The van der Waals surface area contributed by atoms with Gasteiger partial charge in [0.1, 0.15) is 11.6 Å². The monoisotopic (exact) mass is 233 g/mol. The van der Waals surface area contributed by atoms with E-state index in [0.717, 1.165) is 0 Å². The van der Waals surface area contributed by atoms with Gasteiger partial charge in [0.25, 0.3) is 0 Å². The third kappa shape index (κ3) is 12.4. The first-order valence-corrected chi connectivity index (χ1v) is 4.38. The van der Waals surface area contributed by atoms with E-state index in [1.54, 1.807) is 6.92 Å². The van der Waals surface area contributed by atoms with Crippen molar-refractivity contribution < 1.29 is 29.3 Å². The maximum atomic E-state index is 10.8. The van der Waals surface area contributed by atoms with Crippen LogP contribution in [0.15, 0.2) is 0 Å². The number of carboxylic acid groups (broad SMARTS) is 2. The second-order valence-corrected chi connectivity index (χ2v) is 3.90. The van der Waals surface area contributed by atoms with Gasteiger partial charge < -0.3 is 30.3 Å². The van der Waals surface area contributed by atoms with Gasteiger partial charge in [-0.15, -0.1) is 0 Å². The Bertz CT molecular complexity index is 254. The highest BCUT2D eigenvalue weighted by Crippen LogP contribution is 2.07. The molecule has 0 aromatic heterocycles. The van der Waals surface area contributed by atoms with Gasteiger partial charge in [0.2, 0.25) is 0 Å². The Morgan fingerprint density at radius 3 is 1.50 bits per heavy atom. The van der Waals surface area contributed by atoms with E-state index < -0.39 is 23.6 Å². The van der Waals surface area contributed by atoms with Crippen LogP contribution in [0.4, 0.5) is 0 Å². The highest BCUT2D eigenvalue weighted by Gasteiger charge is 2.18. The fraction of sp³-hybridized carbons (Fsp3) is 0.667. The van der Waals surface area contributed by atoms with Crippen LogP contribution in [0.5, 0.6) is 0 Å². The van der Waals surface area contributed by atoms with Gasteiger partial charge in [-0.3, -0.25) is 4.79 Å². The summed E-state index contributed by atoms with van der Waals surface area (Å²) >= 11 is 0. The molecular formula is C9H15NO6-2. The summed E-state index contributed by atoms with van der Waals surface area (Å²) in [6.07, 6.45) is 0. The van der Waals surface area contributed by atoms with Crippen molar-refractivity contribution in [2.24, 2.45) is 5.73 Å². The summed E-state index contributed by atoms with van der Waals surface area (Å²) < 4.78 is 4.94. The molecule has 0 aromatic carbocycles. The third-order valence-corrected chi connectivity index (χ3v) is 0.945. The van der Waals surface area contributed by atoms with Crippen LogP contribution in [0, 0.1) is 0 Å². The van der Waals surface area contributed by atoms with Crippen molar-refractivity contribution in [1.29, 1.82) is 0 Å². The molecule has 0 aliphatic rings. The van der Waals surface area contributed by atoms with Gasteiger partial charge in [-0.25, -0.2) is 0 Å². The van der Waals surface area contributed by atoms with Crippen LogP contribution in [0.3, 0.4) is 0 Å². The number of hydrogen-bond acceptors (Lipinski definition) is 7. The van der Waals surface area contributed by atoms with Crippen molar-refractivity contribution >= 4 is 17.9 Å². The van der Waals surface area contributed by atoms with Crippen molar-refractivity contribution in [2.45, 2.75) is 39.3 Å². The molecule has 0 heterocycles. The van der Waals surface area contributed by atoms with Crippen molar-refractivity contribution in [3.63, 3.8) is 0 Å². The average Bonchev–Trinajstić information content (AvgIpc) is 2.01. The summed E-state index contributed by atoms with van der Waals surface area (Å²) in [4.78, 5) is 28.7. The van der Waals surface area contributed by atoms with Crippen molar-refractivity contribution in [3.05, 3.63) is 0 Å². The van der Waals surface area contributed by atoms with Crippen LogP contribution in [0.25, 0.3) is 0 Å². The molecule has 0 aliphatic heterocycles. The molecule has 1 atom stereocenters. The van der Waals surface area contributed by atoms with Crippen LogP contribution in [0.1, 0.15) is 27.7 Å². The van der Waals surface area contributed by atoms with Crippen molar-refractivity contribution in [1.82, 2.24) is 0 Å². The number of rotatable bonds is 1. The highest BCUT2D eigenvalue weighted by molar-refractivity contribution is 6.25. The lowest BCUT2D eigenvalue weighted by Crippen LogP contribution is -2.42. The Kier molecular flexibility index (Phi) is 7.11. The van der Waals surface area contributed by atoms with Gasteiger partial charge >= 0.3 is 5.97 Å². The predicted octanol–water partition coefficient (Wildman–Crippen LogP) is -2.84. The molecule has 7 nitrogen and oxygen atoms in total. The Morgan fingerprint density at radius 2 is 1.44 bits per heavy atom. The molecule has 0 bridgehead atoms. The molecule has 7 heteroatoms. The summed E-state index contributed by atoms with van der Waals surface area (Å²) in [5, 5.41) is 17.9. The molecule has 0 amide bonds. The molecule has 94 valence electrons. The number of carboxylic acids is 2. The normalized spacial score (nSPS) is 11.8. The fourth-order valence-electron chi connectivity index (χ4n) is 0.395. The molecule has 0 aliphatic carbocycles.